The number of carboxylic acids is 1. The molecule has 3 fully saturated rings. The molecule has 0 saturated heterocycles. The lowest BCUT2D eigenvalue weighted by atomic mass is 9.47. The Kier molecular flexibility index (Phi) is 4.77. The number of hydrogen-bond acceptors (Lipinski definition) is 3. The van der Waals surface area contributed by atoms with Crippen LogP contribution in [-0.4, -0.2) is 29.6 Å². The number of Topliss-reactive ketones (excluding diaryl/α,β-unsaturated/α-hetero) is 1. The number of rotatable bonds is 4. The van der Waals surface area contributed by atoms with Crippen LogP contribution in [0.5, 0.6) is 0 Å². The molecule has 0 aromatic carbocycles. The van der Waals surface area contributed by atoms with Gasteiger partial charge >= 0.3 is 5.97 Å². The zero-order valence-corrected chi connectivity index (χ0v) is 17.0. The summed E-state index contributed by atoms with van der Waals surface area (Å²) in [5.74, 6) is 1.88. The molecule has 0 aromatic rings. The number of carboxylic acid groups (broad SMARTS) is 1. The summed E-state index contributed by atoms with van der Waals surface area (Å²) in [4.78, 5) is 23.1. The summed E-state index contributed by atoms with van der Waals surface area (Å²) in [6.45, 7) is 6.45. The summed E-state index contributed by atoms with van der Waals surface area (Å²) in [5.41, 5.74) is 1.95. The van der Waals surface area contributed by atoms with Crippen LogP contribution in [-0.2, 0) is 14.3 Å². The minimum atomic E-state index is -0.881. The normalized spacial score (nSPS) is 46.0. The van der Waals surface area contributed by atoms with Crippen LogP contribution < -0.4 is 0 Å². The molecule has 4 rings (SSSR count). The molecule has 0 aliphatic heterocycles. The van der Waals surface area contributed by atoms with E-state index in [0.717, 1.165) is 32.1 Å². The molecule has 3 saturated carbocycles. The molecule has 27 heavy (non-hydrogen) atoms. The molecule has 1 unspecified atom stereocenters. The molecule has 0 heterocycles. The average molecular weight is 375 g/mol. The highest BCUT2D eigenvalue weighted by Gasteiger charge is 2.59. The number of carbonyl (C=O) groups is 2. The fourth-order valence-electron chi connectivity index (χ4n) is 7.63. The minimum Gasteiger partial charge on any atom is -0.480 e. The number of carbonyl (C=O) groups excluding carboxylic acids is 1. The third-order valence-electron chi connectivity index (χ3n) is 8.99. The van der Waals surface area contributed by atoms with Crippen molar-refractivity contribution < 1.29 is 19.4 Å². The van der Waals surface area contributed by atoms with Crippen LogP contribution in [0.4, 0.5) is 0 Å². The van der Waals surface area contributed by atoms with Gasteiger partial charge in [-0.3, -0.25) is 4.79 Å². The Balaban J connectivity index is 1.54. The van der Waals surface area contributed by atoms with E-state index in [2.05, 4.69) is 19.9 Å². The minimum absolute atomic E-state index is 0.0550. The Bertz CT molecular complexity index is 667. The van der Waals surface area contributed by atoms with Crippen LogP contribution in [0.15, 0.2) is 11.6 Å². The van der Waals surface area contributed by atoms with Crippen molar-refractivity contribution in [3.05, 3.63) is 11.6 Å². The van der Waals surface area contributed by atoms with Gasteiger partial charge in [0.2, 0.25) is 0 Å². The van der Waals surface area contributed by atoms with Crippen molar-refractivity contribution in [2.75, 3.05) is 6.61 Å². The highest BCUT2D eigenvalue weighted by molar-refractivity contribution is 5.79. The van der Waals surface area contributed by atoms with Gasteiger partial charge in [-0.25, -0.2) is 4.79 Å². The molecule has 0 bridgehead atoms. The summed E-state index contributed by atoms with van der Waals surface area (Å²) in [5, 5.41) is 8.89. The smallest absolute Gasteiger partial charge is 0.329 e. The molecule has 0 radical (unpaired) electrons. The van der Waals surface area contributed by atoms with Gasteiger partial charge in [-0.15, -0.1) is 0 Å². The zero-order chi connectivity index (χ0) is 19.4. The maximum Gasteiger partial charge on any atom is 0.329 e. The Labute approximate surface area is 162 Å². The maximum atomic E-state index is 12.2. The lowest BCUT2D eigenvalue weighted by Crippen LogP contribution is -2.51. The van der Waals surface area contributed by atoms with Gasteiger partial charge in [0.1, 0.15) is 12.4 Å². The fourth-order valence-corrected chi connectivity index (χ4v) is 7.63. The second-order valence-electron chi connectivity index (χ2n) is 10.1. The molecule has 0 spiro atoms. The van der Waals surface area contributed by atoms with Gasteiger partial charge in [-0.2, -0.15) is 0 Å². The molecule has 4 nitrogen and oxygen atoms in total. The van der Waals surface area contributed by atoms with Crippen molar-refractivity contribution in [1.82, 2.24) is 0 Å². The van der Waals surface area contributed by atoms with E-state index in [1.165, 1.54) is 24.8 Å². The third kappa shape index (κ3) is 2.99. The van der Waals surface area contributed by atoms with Gasteiger partial charge in [0.15, 0.2) is 0 Å². The van der Waals surface area contributed by atoms with Crippen molar-refractivity contribution in [2.45, 2.75) is 78.2 Å². The Morgan fingerprint density at radius 1 is 1.15 bits per heavy atom. The first kappa shape index (κ1) is 19.2. The van der Waals surface area contributed by atoms with Crippen molar-refractivity contribution in [3.63, 3.8) is 0 Å². The van der Waals surface area contributed by atoms with E-state index in [1.807, 2.05) is 0 Å². The van der Waals surface area contributed by atoms with Crippen LogP contribution in [0.1, 0.15) is 72.1 Å². The molecule has 4 aliphatic carbocycles. The van der Waals surface area contributed by atoms with Gasteiger partial charge in [0.05, 0.1) is 6.10 Å². The first-order valence-corrected chi connectivity index (χ1v) is 10.8. The van der Waals surface area contributed by atoms with Gasteiger partial charge in [0.25, 0.3) is 0 Å². The Morgan fingerprint density at radius 2 is 1.93 bits per heavy atom. The molecule has 4 aliphatic rings. The molecular formula is C23H34O4. The zero-order valence-electron chi connectivity index (χ0n) is 17.0. The standard InChI is InChI=1S/C23H34O4/c1-14(24)18-6-7-19-17-5-4-15-12-16(27-13-21(25)26)8-10-22(15,2)20(17)9-11-23(18,19)3/h4,16-20H,5-13H2,1-3H3,(H,25,26)/t16?,17-,18+,19-,20-,22-,23+/m0/s1. The lowest BCUT2D eigenvalue weighted by Gasteiger charge is -2.58. The first-order valence-electron chi connectivity index (χ1n) is 10.8. The van der Waals surface area contributed by atoms with Crippen LogP contribution in [0, 0.1) is 34.5 Å². The van der Waals surface area contributed by atoms with Crippen molar-refractivity contribution in [3.8, 4) is 0 Å². The van der Waals surface area contributed by atoms with E-state index in [-0.39, 0.29) is 29.5 Å². The summed E-state index contributed by atoms with van der Waals surface area (Å²) in [7, 11) is 0. The van der Waals surface area contributed by atoms with Crippen molar-refractivity contribution in [2.24, 2.45) is 34.5 Å². The molecule has 1 N–H and O–H groups in total. The van der Waals surface area contributed by atoms with Crippen LogP contribution in [0.3, 0.4) is 0 Å². The van der Waals surface area contributed by atoms with Gasteiger partial charge in [0, 0.05) is 5.92 Å². The topological polar surface area (TPSA) is 63.6 Å². The predicted octanol–water partition coefficient (Wildman–Crippen LogP) is 4.62. The van der Waals surface area contributed by atoms with E-state index in [0.29, 0.717) is 23.5 Å². The van der Waals surface area contributed by atoms with Crippen molar-refractivity contribution in [1.29, 1.82) is 0 Å². The Morgan fingerprint density at radius 3 is 2.63 bits per heavy atom. The second kappa shape index (κ2) is 6.72. The Hall–Kier alpha value is -1.16. The monoisotopic (exact) mass is 374 g/mol. The average Bonchev–Trinajstić information content (AvgIpc) is 2.97. The van der Waals surface area contributed by atoms with E-state index >= 15 is 0 Å². The predicted molar refractivity (Wildman–Crippen MR) is 103 cm³/mol. The number of ketones is 1. The number of allylic oxidation sites excluding steroid dienone is 1. The van der Waals surface area contributed by atoms with Crippen LogP contribution >= 0.6 is 0 Å². The number of ether oxygens (including phenoxy) is 1. The van der Waals surface area contributed by atoms with Crippen LogP contribution in [0.2, 0.25) is 0 Å². The summed E-state index contributed by atoms with van der Waals surface area (Å²) in [6, 6.07) is 0. The van der Waals surface area contributed by atoms with E-state index in [9.17, 15) is 9.59 Å². The fraction of sp³-hybridized carbons (Fsp3) is 0.826. The number of fused-ring (bicyclic) bond motifs is 5. The molecule has 150 valence electrons. The highest BCUT2D eigenvalue weighted by Crippen LogP contribution is 2.66. The van der Waals surface area contributed by atoms with Gasteiger partial charge in [-0.05, 0) is 86.9 Å². The summed E-state index contributed by atoms with van der Waals surface area (Å²) < 4.78 is 5.62. The molecule has 4 heteroatoms. The van der Waals surface area contributed by atoms with E-state index in [1.54, 1.807) is 6.92 Å². The van der Waals surface area contributed by atoms with Gasteiger partial charge in [-0.1, -0.05) is 25.5 Å². The third-order valence-corrected chi connectivity index (χ3v) is 8.99. The van der Waals surface area contributed by atoms with Crippen LogP contribution in [0.25, 0.3) is 0 Å². The highest BCUT2D eigenvalue weighted by atomic mass is 16.5. The molecule has 0 amide bonds. The number of aliphatic carboxylic acids is 1. The second-order valence-corrected chi connectivity index (χ2v) is 10.1. The maximum absolute atomic E-state index is 12.2. The lowest BCUT2D eigenvalue weighted by molar-refractivity contribution is -0.145. The van der Waals surface area contributed by atoms with Gasteiger partial charge < -0.3 is 9.84 Å². The molecule has 0 aromatic heterocycles. The summed E-state index contributed by atoms with van der Waals surface area (Å²) >= 11 is 0. The molecular weight excluding hydrogens is 340 g/mol. The first-order chi connectivity index (χ1) is 12.8. The quantitative estimate of drug-likeness (QED) is 0.729. The van der Waals surface area contributed by atoms with E-state index in [4.69, 9.17) is 9.84 Å². The van der Waals surface area contributed by atoms with E-state index < -0.39 is 5.97 Å². The van der Waals surface area contributed by atoms with Crippen molar-refractivity contribution >= 4 is 11.8 Å². The summed E-state index contributed by atoms with van der Waals surface area (Å²) in [6.07, 6.45) is 11.3. The number of hydrogen-bond donors (Lipinski definition) is 1. The SMILES string of the molecule is CC(=O)[C@H]1CC[C@H]2[C@@H]3CC=C4CC(OCC(=O)O)CC[C@]4(C)[C@H]3CC[C@]12C. The molecule has 7 atom stereocenters. The largest absolute Gasteiger partial charge is 0.480 e.